The van der Waals surface area contributed by atoms with Crippen molar-refractivity contribution in [1.82, 2.24) is 0 Å². The zero-order valence-corrected chi connectivity index (χ0v) is 15.8. The van der Waals surface area contributed by atoms with Crippen LogP contribution < -0.4 is 0 Å². The second kappa shape index (κ2) is 4.47. The van der Waals surface area contributed by atoms with E-state index in [4.69, 9.17) is 0 Å². The zero-order chi connectivity index (χ0) is 17.7. The lowest BCUT2D eigenvalue weighted by molar-refractivity contribution is -0.154. The molecular formula is C21H32O3. The van der Waals surface area contributed by atoms with E-state index >= 15 is 0 Å². The van der Waals surface area contributed by atoms with Crippen molar-refractivity contribution in [1.29, 1.82) is 0 Å². The summed E-state index contributed by atoms with van der Waals surface area (Å²) in [5.41, 5.74) is 2.29. The first-order valence-electron chi connectivity index (χ1n) is 9.69. The average molecular weight is 332 g/mol. The Morgan fingerprint density at radius 1 is 1.08 bits per heavy atom. The van der Waals surface area contributed by atoms with Crippen molar-refractivity contribution in [2.24, 2.45) is 33.5 Å². The van der Waals surface area contributed by atoms with Crippen molar-refractivity contribution in [3.63, 3.8) is 0 Å². The third-order valence-corrected chi connectivity index (χ3v) is 9.71. The number of rotatable bonds is 1. The number of hydrogen-bond acceptors (Lipinski definition) is 2. The highest BCUT2D eigenvalue weighted by Crippen LogP contribution is 2.78. The van der Waals surface area contributed by atoms with Crippen molar-refractivity contribution in [2.75, 3.05) is 0 Å². The van der Waals surface area contributed by atoms with Crippen LogP contribution in [0, 0.1) is 33.5 Å². The van der Waals surface area contributed by atoms with E-state index < -0.39 is 11.4 Å². The number of aliphatic carboxylic acids is 1. The number of aliphatic hydroxyl groups excluding tert-OH is 1. The van der Waals surface area contributed by atoms with Crippen molar-refractivity contribution in [3.05, 3.63) is 11.1 Å². The van der Waals surface area contributed by atoms with Gasteiger partial charge in [-0.3, -0.25) is 4.79 Å². The molecule has 4 rings (SSSR count). The Morgan fingerprint density at radius 3 is 2.29 bits per heavy atom. The molecule has 134 valence electrons. The van der Waals surface area contributed by atoms with E-state index in [1.807, 2.05) is 6.92 Å². The molecule has 2 N–H and O–H groups in total. The maximum atomic E-state index is 12.2. The van der Waals surface area contributed by atoms with Crippen LogP contribution in [0.4, 0.5) is 0 Å². The molecule has 0 amide bonds. The Labute approximate surface area is 145 Å². The molecule has 3 nitrogen and oxygen atoms in total. The monoisotopic (exact) mass is 332 g/mol. The molecule has 0 aliphatic heterocycles. The molecule has 0 saturated heterocycles. The highest BCUT2D eigenvalue weighted by atomic mass is 16.4. The summed E-state index contributed by atoms with van der Waals surface area (Å²) >= 11 is 0. The predicted molar refractivity (Wildman–Crippen MR) is 93.5 cm³/mol. The second-order valence-electron chi connectivity index (χ2n) is 9.99. The van der Waals surface area contributed by atoms with Crippen LogP contribution in [0.25, 0.3) is 0 Å². The molecule has 0 aromatic carbocycles. The van der Waals surface area contributed by atoms with Crippen molar-refractivity contribution >= 4 is 5.97 Å². The third-order valence-electron chi connectivity index (χ3n) is 9.71. The van der Waals surface area contributed by atoms with Crippen LogP contribution in [-0.4, -0.2) is 22.3 Å². The highest BCUT2D eigenvalue weighted by Gasteiger charge is 2.72. The van der Waals surface area contributed by atoms with Gasteiger partial charge in [-0.15, -0.1) is 0 Å². The van der Waals surface area contributed by atoms with Gasteiger partial charge in [0.15, 0.2) is 0 Å². The number of hydrogen-bond donors (Lipinski definition) is 2. The van der Waals surface area contributed by atoms with E-state index in [0.717, 1.165) is 38.5 Å². The van der Waals surface area contributed by atoms with Crippen LogP contribution in [0.5, 0.6) is 0 Å². The Kier molecular flexibility index (Phi) is 3.09. The predicted octanol–water partition coefficient (Wildman–Crippen LogP) is 4.40. The van der Waals surface area contributed by atoms with Crippen molar-refractivity contribution in [2.45, 2.75) is 79.2 Å². The van der Waals surface area contributed by atoms with Gasteiger partial charge in [0.25, 0.3) is 0 Å². The molecule has 4 aliphatic rings. The van der Waals surface area contributed by atoms with E-state index in [-0.39, 0.29) is 22.3 Å². The van der Waals surface area contributed by atoms with Crippen LogP contribution >= 0.6 is 0 Å². The lowest BCUT2D eigenvalue weighted by atomic mass is 9.56. The first-order valence-corrected chi connectivity index (χ1v) is 9.69. The van der Waals surface area contributed by atoms with Crippen LogP contribution in [0.15, 0.2) is 11.1 Å². The maximum Gasteiger partial charge on any atom is 0.310 e. The smallest absolute Gasteiger partial charge is 0.310 e. The molecule has 24 heavy (non-hydrogen) atoms. The molecule has 7 unspecified atom stereocenters. The molecule has 0 heterocycles. The Morgan fingerprint density at radius 2 is 1.75 bits per heavy atom. The lowest BCUT2D eigenvalue weighted by Crippen LogP contribution is -2.46. The molecule has 0 bridgehead atoms. The molecule has 7 atom stereocenters. The van der Waals surface area contributed by atoms with E-state index in [1.165, 1.54) is 5.57 Å². The molecule has 0 aromatic heterocycles. The number of fused-ring (bicyclic) bond motifs is 3. The van der Waals surface area contributed by atoms with E-state index in [0.29, 0.717) is 11.8 Å². The molecule has 0 radical (unpaired) electrons. The van der Waals surface area contributed by atoms with Gasteiger partial charge in [0.1, 0.15) is 0 Å². The SMILES string of the molecule is CC1CC(O)C(C)C12CCC1=C2CC2(C)CCC(C)(C(=O)O)C12C. The van der Waals surface area contributed by atoms with Gasteiger partial charge in [-0.25, -0.2) is 0 Å². The summed E-state index contributed by atoms with van der Waals surface area (Å²) in [4.78, 5) is 12.2. The summed E-state index contributed by atoms with van der Waals surface area (Å²) in [5, 5.41) is 20.6. The van der Waals surface area contributed by atoms with Gasteiger partial charge in [-0.2, -0.15) is 0 Å². The topological polar surface area (TPSA) is 57.5 Å². The van der Waals surface area contributed by atoms with E-state index in [9.17, 15) is 15.0 Å². The minimum absolute atomic E-state index is 0.0607. The molecule has 1 spiro atoms. The van der Waals surface area contributed by atoms with Crippen LogP contribution in [-0.2, 0) is 4.79 Å². The van der Waals surface area contributed by atoms with Gasteiger partial charge in [0.05, 0.1) is 11.5 Å². The summed E-state index contributed by atoms with van der Waals surface area (Å²) in [7, 11) is 0. The van der Waals surface area contributed by atoms with Crippen LogP contribution in [0.1, 0.15) is 73.1 Å². The van der Waals surface area contributed by atoms with Gasteiger partial charge < -0.3 is 10.2 Å². The third kappa shape index (κ3) is 1.45. The molecule has 3 heteroatoms. The molecule has 0 aromatic rings. The average Bonchev–Trinajstić information content (AvgIpc) is 3.11. The number of carboxylic acids is 1. The Balaban J connectivity index is 1.89. The van der Waals surface area contributed by atoms with Gasteiger partial charge in [0.2, 0.25) is 0 Å². The summed E-state index contributed by atoms with van der Waals surface area (Å²) in [6, 6.07) is 0. The zero-order valence-electron chi connectivity index (χ0n) is 15.8. The highest BCUT2D eigenvalue weighted by molar-refractivity contribution is 5.78. The van der Waals surface area contributed by atoms with Crippen LogP contribution in [0.3, 0.4) is 0 Å². The number of aliphatic hydroxyl groups is 1. The normalized spacial score (nSPS) is 56.2. The van der Waals surface area contributed by atoms with Crippen molar-refractivity contribution < 1.29 is 15.0 Å². The standard InChI is InChI=1S/C21H32O3/c1-12-10-16(22)13(2)21(12)7-6-14-15(21)11-18(3)8-9-19(4,17(23)24)20(14,18)5/h12-13,16,22H,6-11H2,1-5H3,(H,23,24). The summed E-state index contributed by atoms with van der Waals surface area (Å²) < 4.78 is 0. The van der Waals surface area contributed by atoms with E-state index in [2.05, 4.69) is 27.7 Å². The fraction of sp³-hybridized carbons (Fsp3) is 0.857. The molecule has 2 saturated carbocycles. The molecular weight excluding hydrogens is 300 g/mol. The van der Waals surface area contributed by atoms with Gasteiger partial charge in [0, 0.05) is 5.41 Å². The van der Waals surface area contributed by atoms with Gasteiger partial charge in [-0.05, 0) is 68.1 Å². The minimum atomic E-state index is -0.659. The number of carbonyl (C=O) groups is 1. The lowest BCUT2D eigenvalue weighted by Gasteiger charge is -2.46. The first-order chi connectivity index (χ1) is 11.0. The molecule has 4 aliphatic carbocycles. The first kappa shape index (κ1) is 16.6. The van der Waals surface area contributed by atoms with Crippen LogP contribution in [0.2, 0.25) is 0 Å². The fourth-order valence-electron chi connectivity index (χ4n) is 7.72. The molecule has 2 fully saturated rings. The largest absolute Gasteiger partial charge is 0.481 e. The quantitative estimate of drug-likeness (QED) is 0.700. The summed E-state index contributed by atoms with van der Waals surface area (Å²) in [5.74, 6) is 0.162. The summed E-state index contributed by atoms with van der Waals surface area (Å²) in [6.45, 7) is 11.1. The minimum Gasteiger partial charge on any atom is -0.481 e. The summed E-state index contributed by atoms with van der Waals surface area (Å²) in [6.07, 6.45) is 5.65. The number of allylic oxidation sites excluding steroid dienone is 2. The Hall–Kier alpha value is -0.830. The van der Waals surface area contributed by atoms with Gasteiger partial charge >= 0.3 is 5.97 Å². The Bertz CT molecular complexity index is 651. The number of carboxylic acid groups (broad SMARTS) is 1. The maximum absolute atomic E-state index is 12.2. The van der Waals surface area contributed by atoms with Crippen molar-refractivity contribution in [3.8, 4) is 0 Å². The van der Waals surface area contributed by atoms with Gasteiger partial charge in [-0.1, -0.05) is 38.8 Å². The second-order valence-corrected chi connectivity index (χ2v) is 9.99. The van der Waals surface area contributed by atoms with E-state index in [1.54, 1.807) is 5.57 Å². The fourth-order valence-corrected chi connectivity index (χ4v) is 7.72.